The van der Waals surface area contributed by atoms with Gasteiger partial charge in [0, 0.05) is 11.4 Å². The van der Waals surface area contributed by atoms with Crippen molar-refractivity contribution in [2.45, 2.75) is 25.8 Å². The van der Waals surface area contributed by atoms with E-state index in [0.29, 0.717) is 11.3 Å². The smallest absolute Gasteiger partial charge is 0.261 e. The Bertz CT molecular complexity index is 537. The summed E-state index contributed by atoms with van der Waals surface area (Å²) in [5.41, 5.74) is 0. The van der Waals surface area contributed by atoms with Crippen molar-refractivity contribution in [1.82, 2.24) is 15.5 Å². The Balaban J connectivity index is 2.10. The van der Waals surface area contributed by atoms with Gasteiger partial charge < -0.3 is 5.32 Å². The van der Waals surface area contributed by atoms with Gasteiger partial charge in [-0.3, -0.25) is 9.89 Å². The number of fused-ring (bicyclic) bond motifs is 1. The van der Waals surface area contributed by atoms with E-state index in [0.717, 1.165) is 16.6 Å². The van der Waals surface area contributed by atoms with Crippen LogP contribution < -0.4 is 5.32 Å². The van der Waals surface area contributed by atoms with Crippen molar-refractivity contribution < 1.29 is 4.79 Å². The summed E-state index contributed by atoms with van der Waals surface area (Å²) in [5.74, 6) is -0.123. The van der Waals surface area contributed by atoms with Crippen molar-refractivity contribution in [2.75, 3.05) is 0 Å². The number of amides is 1. The average Bonchev–Trinajstić information content (AvgIpc) is 2.88. The fourth-order valence-electron chi connectivity index (χ4n) is 1.52. The highest BCUT2D eigenvalue weighted by Crippen LogP contribution is 2.23. The van der Waals surface area contributed by atoms with Crippen LogP contribution in [0.1, 0.15) is 29.4 Å². The first kappa shape index (κ1) is 11.6. The molecule has 2 N–H and O–H groups in total. The number of hydrogen-bond acceptors (Lipinski definition) is 4. The summed E-state index contributed by atoms with van der Waals surface area (Å²) in [6.45, 7) is 1.95. The molecule has 1 unspecified atom stereocenters. The van der Waals surface area contributed by atoms with E-state index in [4.69, 9.17) is 5.26 Å². The van der Waals surface area contributed by atoms with Crippen LogP contribution in [0.25, 0.3) is 10.2 Å². The molecule has 0 saturated heterocycles. The molecule has 88 valence electrons. The van der Waals surface area contributed by atoms with E-state index in [1.165, 1.54) is 11.3 Å². The number of carbonyl (C=O) groups excluding carboxylic acids is 1. The minimum atomic E-state index is -0.123. The van der Waals surface area contributed by atoms with Gasteiger partial charge in [0.15, 0.2) is 0 Å². The van der Waals surface area contributed by atoms with Gasteiger partial charge in [-0.25, -0.2) is 0 Å². The van der Waals surface area contributed by atoms with Crippen molar-refractivity contribution >= 4 is 27.5 Å². The van der Waals surface area contributed by atoms with Crippen LogP contribution in [-0.2, 0) is 0 Å². The third-order valence-electron chi connectivity index (χ3n) is 2.52. The normalized spacial score (nSPS) is 12.2. The van der Waals surface area contributed by atoms with E-state index < -0.39 is 0 Å². The lowest BCUT2D eigenvalue weighted by atomic mass is 10.1. The zero-order chi connectivity index (χ0) is 12.3. The first-order chi connectivity index (χ1) is 8.24. The summed E-state index contributed by atoms with van der Waals surface area (Å²) in [6.07, 6.45) is 2.78. The van der Waals surface area contributed by atoms with Crippen LogP contribution in [0, 0.1) is 11.3 Å². The Labute approximate surface area is 102 Å². The predicted molar refractivity (Wildman–Crippen MR) is 65.7 cm³/mol. The number of nitriles is 1. The Kier molecular flexibility index (Phi) is 3.40. The maximum Gasteiger partial charge on any atom is 0.261 e. The van der Waals surface area contributed by atoms with Gasteiger partial charge in [-0.05, 0) is 12.5 Å². The SMILES string of the molecule is CCC(CC#N)NC(=O)c1cc2cn[nH]c2s1. The molecule has 0 radical (unpaired) electrons. The summed E-state index contributed by atoms with van der Waals surface area (Å²) >= 11 is 1.37. The van der Waals surface area contributed by atoms with Crippen molar-refractivity contribution in [3.63, 3.8) is 0 Å². The summed E-state index contributed by atoms with van der Waals surface area (Å²) in [7, 11) is 0. The Hall–Kier alpha value is -1.87. The third kappa shape index (κ3) is 2.45. The van der Waals surface area contributed by atoms with Crippen LogP contribution in [0.3, 0.4) is 0 Å². The molecule has 2 aromatic heterocycles. The van der Waals surface area contributed by atoms with Crippen LogP contribution in [0.5, 0.6) is 0 Å². The summed E-state index contributed by atoms with van der Waals surface area (Å²) in [5, 5.41) is 19.1. The molecule has 5 nitrogen and oxygen atoms in total. The molecule has 0 bridgehead atoms. The number of carbonyl (C=O) groups is 1. The molecule has 0 spiro atoms. The first-order valence-electron chi connectivity index (χ1n) is 5.35. The molecule has 0 aliphatic carbocycles. The maximum atomic E-state index is 11.9. The van der Waals surface area contributed by atoms with Gasteiger partial charge in [0.25, 0.3) is 5.91 Å². The molecule has 2 aromatic rings. The quantitative estimate of drug-likeness (QED) is 0.868. The fraction of sp³-hybridized carbons (Fsp3) is 0.364. The second kappa shape index (κ2) is 4.97. The van der Waals surface area contributed by atoms with Crippen molar-refractivity contribution in [3.8, 4) is 6.07 Å². The molecular weight excluding hydrogens is 236 g/mol. The first-order valence-corrected chi connectivity index (χ1v) is 6.17. The van der Waals surface area contributed by atoms with Crippen molar-refractivity contribution in [1.29, 1.82) is 5.26 Å². The Morgan fingerprint density at radius 3 is 3.24 bits per heavy atom. The van der Waals surface area contributed by atoms with E-state index in [2.05, 4.69) is 21.6 Å². The molecule has 17 heavy (non-hydrogen) atoms. The number of nitrogens with one attached hydrogen (secondary N) is 2. The standard InChI is InChI=1S/C11H12N4OS/c1-2-8(3-4-12)14-10(16)9-5-7-6-13-15-11(7)17-9/h5-6,8H,2-3H2,1H3,(H,13,15)(H,14,16). The van der Waals surface area contributed by atoms with Gasteiger partial charge in [0.1, 0.15) is 4.83 Å². The van der Waals surface area contributed by atoms with Gasteiger partial charge >= 0.3 is 0 Å². The summed E-state index contributed by atoms with van der Waals surface area (Å²) in [6, 6.07) is 3.80. The number of nitrogens with zero attached hydrogens (tertiary/aromatic N) is 2. The van der Waals surface area contributed by atoms with E-state index in [-0.39, 0.29) is 11.9 Å². The molecule has 6 heteroatoms. The lowest BCUT2D eigenvalue weighted by molar-refractivity contribution is 0.0941. The van der Waals surface area contributed by atoms with E-state index >= 15 is 0 Å². The molecule has 0 aliphatic heterocycles. The van der Waals surface area contributed by atoms with E-state index in [9.17, 15) is 4.79 Å². The molecular formula is C11H12N4OS. The lowest BCUT2D eigenvalue weighted by Crippen LogP contribution is -2.33. The van der Waals surface area contributed by atoms with E-state index in [1.54, 1.807) is 12.3 Å². The monoisotopic (exact) mass is 248 g/mol. The second-order valence-corrected chi connectivity index (χ2v) is 4.76. The van der Waals surface area contributed by atoms with Crippen LogP contribution in [0.15, 0.2) is 12.3 Å². The fourth-order valence-corrected chi connectivity index (χ4v) is 2.41. The van der Waals surface area contributed by atoms with E-state index in [1.807, 2.05) is 6.92 Å². The Morgan fingerprint density at radius 1 is 1.76 bits per heavy atom. The lowest BCUT2D eigenvalue weighted by Gasteiger charge is -2.12. The van der Waals surface area contributed by atoms with Crippen molar-refractivity contribution in [3.05, 3.63) is 17.1 Å². The Morgan fingerprint density at radius 2 is 2.59 bits per heavy atom. The minimum absolute atomic E-state index is 0.0777. The second-order valence-electron chi connectivity index (χ2n) is 3.71. The molecule has 2 heterocycles. The molecule has 0 saturated carbocycles. The number of H-pyrrole nitrogens is 1. The highest BCUT2D eigenvalue weighted by Gasteiger charge is 2.14. The molecule has 1 atom stereocenters. The number of aromatic nitrogens is 2. The van der Waals surface area contributed by atoms with Crippen LogP contribution in [0.2, 0.25) is 0 Å². The van der Waals surface area contributed by atoms with Crippen molar-refractivity contribution in [2.24, 2.45) is 0 Å². The summed E-state index contributed by atoms with van der Waals surface area (Å²) < 4.78 is 0. The van der Waals surface area contributed by atoms with Gasteiger partial charge in [-0.15, -0.1) is 11.3 Å². The number of rotatable bonds is 4. The van der Waals surface area contributed by atoms with Gasteiger partial charge in [0.2, 0.25) is 0 Å². The highest BCUT2D eigenvalue weighted by molar-refractivity contribution is 7.20. The largest absolute Gasteiger partial charge is 0.348 e. The average molecular weight is 248 g/mol. The number of hydrogen-bond donors (Lipinski definition) is 2. The third-order valence-corrected chi connectivity index (χ3v) is 3.57. The number of aromatic amines is 1. The molecule has 0 aromatic carbocycles. The molecule has 2 rings (SSSR count). The zero-order valence-corrected chi connectivity index (χ0v) is 10.2. The van der Waals surface area contributed by atoms with Crippen LogP contribution >= 0.6 is 11.3 Å². The van der Waals surface area contributed by atoms with Gasteiger partial charge in [-0.1, -0.05) is 6.92 Å². The molecule has 1 amide bonds. The molecule has 0 fully saturated rings. The predicted octanol–water partition coefficient (Wildman–Crippen LogP) is 2.05. The zero-order valence-electron chi connectivity index (χ0n) is 9.36. The topological polar surface area (TPSA) is 81.6 Å². The highest BCUT2D eigenvalue weighted by atomic mass is 32.1. The minimum Gasteiger partial charge on any atom is -0.348 e. The van der Waals surface area contributed by atoms with Crippen LogP contribution in [-0.4, -0.2) is 22.1 Å². The van der Waals surface area contributed by atoms with Gasteiger partial charge in [0.05, 0.1) is 23.6 Å². The maximum absolute atomic E-state index is 11.9. The summed E-state index contributed by atoms with van der Waals surface area (Å²) in [4.78, 5) is 13.4. The number of thiophene rings is 1. The molecule has 0 aliphatic rings. The van der Waals surface area contributed by atoms with Crippen LogP contribution in [0.4, 0.5) is 0 Å². The van der Waals surface area contributed by atoms with Gasteiger partial charge in [-0.2, -0.15) is 10.4 Å².